The van der Waals surface area contributed by atoms with Gasteiger partial charge in [0.25, 0.3) is 0 Å². The van der Waals surface area contributed by atoms with Crippen LogP contribution in [0.5, 0.6) is 5.75 Å². The zero-order chi connectivity index (χ0) is 15.0. The Hall–Kier alpha value is -1.27. The molecular formula is C14H20F3NO2. The third-order valence-corrected chi connectivity index (χ3v) is 2.78. The lowest BCUT2D eigenvalue weighted by molar-refractivity contribution is -0.173. The van der Waals surface area contributed by atoms with Crippen LogP contribution in [-0.2, 0) is 4.74 Å². The van der Waals surface area contributed by atoms with Gasteiger partial charge in [-0.3, -0.25) is 0 Å². The molecule has 1 aromatic carbocycles. The molecule has 0 bridgehead atoms. The predicted molar refractivity (Wildman–Crippen MR) is 70.9 cm³/mol. The largest absolute Gasteiger partial charge is 0.497 e. The lowest BCUT2D eigenvalue weighted by Gasteiger charge is -2.15. The molecule has 1 rings (SSSR count). The predicted octanol–water partition coefficient (Wildman–Crippen LogP) is 3.31. The highest BCUT2D eigenvalue weighted by Crippen LogP contribution is 2.18. The van der Waals surface area contributed by atoms with Crippen LogP contribution in [0.4, 0.5) is 13.2 Å². The molecule has 0 unspecified atom stereocenters. The van der Waals surface area contributed by atoms with Gasteiger partial charge in [-0.2, -0.15) is 13.2 Å². The smallest absolute Gasteiger partial charge is 0.411 e. The highest BCUT2D eigenvalue weighted by atomic mass is 19.4. The minimum Gasteiger partial charge on any atom is -0.497 e. The Bertz CT molecular complexity index is 396. The highest BCUT2D eigenvalue weighted by Gasteiger charge is 2.27. The van der Waals surface area contributed by atoms with Gasteiger partial charge in [0.2, 0.25) is 0 Å². The number of alkyl halides is 3. The lowest BCUT2D eigenvalue weighted by Crippen LogP contribution is -2.22. The molecule has 1 N–H and O–H groups in total. The summed E-state index contributed by atoms with van der Waals surface area (Å²) in [6.07, 6.45) is -3.72. The first-order valence-electron chi connectivity index (χ1n) is 6.44. The van der Waals surface area contributed by atoms with Gasteiger partial charge in [-0.25, -0.2) is 0 Å². The minimum absolute atomic E-state index is 0.0946. The SMILES string of the molecule is COc1cccc([C@H](C)NCCCOCC(F)(F)F)c1. The first-order chi connectivity index (χ1) is 9.42. The van der Waals surface area contributed by atoms with Crippen LogP contribution in [0.3, 0.4) is 0 Å². The van der Waals surface area contributed by atoms with E-state index in [1.54, 1.807) is 7.11 Å². The molecule has 0 saturated carbocycles. The van der Waals surface area contributed by atoms with E-state index >= 15 is 0 Å². The van der Waals surface area contributed by atoms with E-state index in [2.05, 4.69) is 10.1 Å². The molecule has 0 saturated heterocycles. The lowest BCUT2D eigenvalue weighted by atomic mass is 10.1. The van der Waals surface area contributed by atoms with Gasteiger partial charge in [0.1, 0.15) is 12.4 Å². The summed E-state index contributed by atoms with van der Waals surface area (Å²) >= 11 is 0. The third-order valence-electron chi connectivity index (χ3n) is 2.78. The number of ether oxygens (including phenoxy) is 2. The summed E-state index contributed by atoms with van der Waals surface area (Å²) < 4.78 is 45.2. The van der Waals surface area contributed by atoms with E-state index in [1.165, 1.54) is 0 Å². The molecule has 0 aromatic heterocycles. The molecule has 3 nitrogen and oxygen atoms in total. The monoisotopic (exact) mass is 291 g/mol. The summed E-state index contributed by atoms with van der Waals surface area (Å²) in [5, 5.41) is 3.23. The summed E-state index contributed by atoms with van der Waals surface area (Å²) in [6, 6.07) is 7.77. The van der Waals surface area contributed by atoms with Gasteiger partial charge in [-0.1, -0.05) is 12.1 Å². The van der Waals surface area contributed by atoms with Gasteiger partial charge in [-0.05, 0) is 37.6 Å². The zero-order valence-corrected chi connectivity index (χ0v) is 11.7. The van der Waals surface area contributed by atoms with Crippen molar-refractivity contribution < 1.29 is 22.6 Å². The van der Waals surface area contributed by atoms with E-state index < -0.39 is 12.8 Å². The maximum atomic E-state index is 11.8. The van der Waals surface area contributed by atoms with Crippen molar-refractivity contribution in [1.29, 1.82) is 0 Å². The Labute approximate surface area is 117 Å². The van der Waals surface area contributed by atoms with Crippen LogP contribution in [0.15, 0.2) is 24.3 Å². The van der Waals surface area contributed by atoms with E-state index in [9.17, 15) is 13.2 Å². The number of nitrogens with one attached hydrogen (secondary N) is 1. The van der Waals surface area contributed by atoms with Crippen LogP contribution in [0.25, 0.3) is 0 Å². The topological polar surface area (TPSA) is 30.5 Å². The van der Waals surface area contributed by atoms with Crippen molar-refractivity contribution in [3.05, 3.63) is 29.8 Å². The average molecular weight is 291 g/mol. The highest BCUT2D eigenvalue weighted by molar-refractivity contribution is 5.30. The maximum Gasteiger partial charge on any atom is 0.411 e. The molecule has 0 heterocycles. The van der Waals surface area contributed by atoms with E-state index in [1.807, 2.05) is 31.2 Å². The van der Waals surface area contributed by atoms with Crippen LogP contribution in [-0.4, -0.2) is 33.0 Å². The van der Waals surface area contributed by atoms with Crippen molar-refractivity contribution in [2.45, 2.75) is 25.6 Å². The van der Waals surface area contributed by atoms with Gasteiger partial charge in [-0.15, -0.1) is 0 Å². The molecule has 6 heteroatoms. The summed E-state index contributed by atoms with van der Waals surface area (Å²) in [4.78, 5) is 0. The Morgan fingerprint density at radius 3 is 2.70 bits per heavy atom. The number of hydrogen-bond donors (Lipinski definition) is 1. The Kier molecular flexibility index (Phi) is 6.81. The van der Waals surface area contributed by atoms with E-state index in [0.717, 1.165) is 11.3 Å². The van der Waals surface area contributed by atoms with Crippen molar-refractivity contribution in [1.82, 2.24) is 5.32 Å². The van der Waals surface area contributed by atoms with Gasteiger partial charge < -0.3 is 14.8 Å². The Balaban J connectivity index is 2.21. The van der Waals surface area contributed by atoms with Crippen molar-refractivity contribution in [3.8, 4) is 5.75 Å². The van der Waals surface area contributed by atoms with Crippen LogP contribution < -0.4 is 10.1 Å². The van der Waals surface area contributed by atoms with Crippen molar-refractivity contribution in [2.75, 3.05) is 26.9 Å². The van der Waals surface area contributed by atoms with Crippen LogP contribution >= 0.6 is 0 Å². The molecule has 0 amide bonds. The fourth-order valence-electron chi connectivity index (χ4n) is 1.71. The van der Waals surface area contributed by atoms with Gasteiger partial charge >= 0.3 is 6.18 Å². The summed E-state index contributed by atoms with van der Waals surface area (Å²) in [5.41, 5.74) is 1.07. The van der Waals surface area contributed by atoms with Crippen molar-refractivity contribution >= 4 is 0 Å². The van der Waals surface area contributed by atoms with E-state index in [0.29, 0.717) is 13.0 Å². The van der Waals surface area contributed by atoms with Crippen LogP contribution in [0, 0.1) is 0 Å². The van der Waals surface area contributed by atoms with E-state index in [4.69, 9.17) is 4.74 Å². The number of hydrogen-bond acceptors (Lipinski definition) is 3. The third kappa shape index (κ3) is 6.77. The van der Waals surface area contributed by atoms with Crippen LogP contribution in [0.1, 0.15) is 24.9 Å². The Morgan fingerprint density at radius 1 is 1.30 bits per heavy atom. The summed E-state index contributed by atoms with van der Waals surface area (Å²) in [6.45, 7) is 1.50. The molecule has 0 spiro atoms. The molecule has 0 aliphatic carbocycles. The van der Waals surface area contributed by atoms with Crippen molar-refractivity contribution in [2.24, 2.45) is 0 Å². The fraction of sp³-hybridized carbons (Fsp3) is 0.571. The molecule has 114 valence electrons. The standard InChI is InChI=1S/C14H20F3NO2/c1-11(12-5-3-6-13(9-12)19-2)18-7-4-8-20-10-14(15,16)17/h3,5-6,9,11,18H,4,7-8,10H2,1-2H3/t11-/m0/s1. The summed E-state index contributed by atoms with van der Waals surface area (Å²) in [7, 11) is 1.61. The molecule has 20 heavy (non-hydrogen) atoms. The van der Waals surface area contributed by atoms with E-state index in [-0.39, 0.29) is 12.6 Å². The zero-order valence-electron chi connectivity index (χ0n) is 11.7. The number of halogens is 3. The molecule has 0 radical (unpaired) electrons. The number of benzene rings is 1. The second kappa shape index (κ2) is 8.11. The molecule has 0 fully saturated rings. The Morgan fingerprint density at radius 2 is 2.05 bits per heavy atom. The normalized spacial score (nSPS) is 13.2. The van der Waals surface area contributed by atoms with Gasteiger partial charge in [0, 0.05) is 12.6 Å². The molecule has 0 aliphatic heterocycles. The average Bonchev–Trinajstić information content (AvgIpc) is 2.41. The maximum absolute atomic E-state index is 11.8. The van der Waals surface area contributed by atoms with Crippen molar-refractivity contribution in [3.63, 3.8) is 0 Å². The minimum atomic E-state index is -4.25. The quantitative estimate of drug-likeness (QED) is 0.745. The first-order valence-corrected chi connectivity index (χ1v) is 6.44. The molecular weight excluding hydrogens is 271 g/mol. The summed E-state index contributed by atoms with van der Waals surface area (Å²) in [5.74, 6) is 0.782. The fourth-order valence-corrected chi connectivity index (χ4v) is 1.71. The number of rotatable bonds is 8. The van der Waals surface area contributed by atoms with Crippen LogP contribution in [0.2, 0.25) is 0 Å². The first kappa shape index (κ1) is 16.8. The van der Waals surface area contributed by atoms with Gasteiger partial charge in [0.05, 0.1) is 7.11 Å². The molecule has 1 aromatic rings. The molecule has 0 aliphatic rings. The molecule has 1 atom stereocenters. The number of methoxy groups -OCH3 is 1. The van der Waals surface area contributed by atoms with Gasteiger partial charge in [0.15, 0.2) is 0 Å². The second-order valence-electron chi connectivity index (χ2n) is 4.47. The second-order valence-corrected chi connectivity index (χ2v) is 4.47.